The van der Waals surface area contributed by atoms with Crippen LogP contribution in [0.1, 0.15) is 146 Å². The quantitative estimate of drug-likeness (QED) is 0.0377. The second kappa shape index (κ2) is 40.6. The lowest BCUT2D eigenvalue weighted by Crippen LogP contribution is -2.37. The van der Waals surface area contributed by atoms with Gasteiger partial charge >= 0.3 is 24.3 Å². The number of H-pyrrole nitrogens is 5. The number of hydrogen-bond acceptors (Lipinski definition) is 33. The van der Waals surface area contributed by atoms with Gasteiger partial charge in [0.05, 0.1) is 100.0 Å². The largest absolute Gasteiger partial charge is 0.490 e. The average molecular weight is 1880 g/mol. The van der Waals surface area contributed by atoms with Gasteiger partial charge in [-0.2, -0.15) is 38.7 Å². The van der Waals surface area contributed by atoms with E-state index < -0.39 is 41.5 Å². The van der Waals surface area contributed by atoms with E-state index in [0.717, 1.165) is 103 Å². The first kappa shape index (κ1) is 94.6. The molecule has 0 aliphatic carbocycles. The zero-order valence-corrected chi connectivity index (χ0v) is 75.2. The number of nitrogens with one attached hydrogen (secondary N) is 12. The summed E-state index contributed by atoms with van der Waals surface area (Å²) in [5, 5.41) is 104. The maximum atomic E-state index is 12.4. The Bertz CT molecular complexity index is 7290. The summed E-state index contributed by atoms with van der Waals surface area (Å²) >= 11 is 0. The van der Waals surface area contributed by atoms with Gasteiger partial charge in [-0.25, -0.2) is 61.8 Å². The van der Waals surface area contributed by atoms with Crippen LogP contribution in [-0.2, 0) is 14.3 Å². The molecular formula is C89H86F3N35O11. The zero-order valence-electron chi connectivity index (χ0n) is 75.2. The van der Waals surface area contributed by atoms with Gasteiger partial charge < -0.3 is 67.3 Å². The molecule has 2 amide bonds. The van der Waals surface area contributed by atoms with Crippen molar-refractivity contribution < 1.29 is 65.3 Å². The maximum Gasteiger partial charge on any atom is 0.490 e. The number of carboxylic acid groups (broad SMARTS) is 1. The summed E-state index contributed by atoms with van der Waals surface area (Å²) in [4.78, 5) is 55.8. The minimum Gasteiger partial charge on any atom is -0.475 e. The fourth-order valence-electron chi connectivity index (χ4n) is 16.0. The van der Waals surface area contributed by atoms with Crippen molar-refractivity contribution in [3.63, 3.8) is 0 Å². The summed E-state index contributed by atoms with van der Waals surface area (Å²) in [6.45, 7) is 51.9. The van der Waals surface area contributed by atoms with E-state index in [9.17, 15) is 22.8 Å². The number of alkyl carbamates (subject to hydrolysis) is 1. The van der Waals surface area contributed by atoms with Crippen LogP contribution in [0.2, 0.25) is 0 Å². The SMILES string of the molecule is O=C(O)C(F)(F)F.[C-]#[N+]C1=C(CCN(C)C)Nc2[nH]ncc2C1c1cccc2nonc12.[C-]#[N+]C1=C(CCN)Nc2[nH]ncc2C1c1cccc2nonc12.[C-]#[N+]C1=C(CCNC(=O)OC(C)(C)C)Nc2[nH]ncc2C1c1cccc2nonc12.[C-]#[N+]C1=C(CN(C)C(=O)OC(C)(C)C)Nc2[nH]ncc2C1c1cccc2nonc12.[C-]#[N+]C1=C(CNC)Nc2[nH]ncc2C1c1cccc2nonc12. The number of benzene rings is 5. The van der Waals surface area contributed by atoms with Crippen LogP contribution in [0.25, 0.3) is 79.4 Å². The van der Waals surface area contributed by atoms with E-state index in [1.165, 1.54) is 4.90 Å². The minimum absolute atomic E-state index is 0.161. The molecule has 704 valence electrons. The highest BCUT2D eigenvalue weighted by molar-refractivity contribution is 5.86. The van der Waals surface area contributed by atoms with E-state index in [1.807, 2.05) is 100 Å². The number of nitrogens with zero attached hydrogens (tertiary/aromatic N) is 22. The number of aliphatic carboxylic acids is 1. The van der Waals surface area contributed by atoms with Crippen LogP contribution in [0.15, 0.2) is 202 Å². The molecular weight excluding hydrogens is 1790 g/mol. The van der Waals surface area contributed by atoms with Crippen LogP contribution in [0.4, 0.5) is 51.8 Å². The molecule has 0 spiro atoms. The maximum absolute atomic E-state index is 12.4. The summed E-state index contributed by atoms with van der Waals surface area (Å²) in [5.74, 6) is -0.616. The van der Waals surface area contributed by atoms with Gasteiger partial charge in [0.1, 0.15) is 95.5 Å². The number of rotatable bonds is 17. The van der Waals surface area contributed by atoms with Gasteiger partial charge in [0.25, 0.3) is 0 Å². The van der Waals surface area contributed by atoms with E-state index in [0.29, 0.717) is 139 Å². The van der Waals surface area contributed by atoms with Crippen molar-refractivity contribution in [3.05, 3.63) is 292 Å². The molecule has 5 aliphatic rings. The molecule has 0 saturated heterocycles. The smallest absolute Gasteiger partial charge is 0.475 e. The fourth-order valence-corrected chi connectivity index (χ4v) is 16.0. The van der Waals surface area contributed by atoms with Crippen molar-refractivity contribution in [3.8, 4) is 0 Å². The first-order valence-electron chi connectivity index (χ1n) is 42.3. The van der Waals surface area contributed by atoms with Crippen LogP contribution in [-0.4, -0.2) is 214 Å². The van der Waals surface area contributed by atoms with Crippen molar-refractivity contribution in [2.24, 2.45) is 5.73 Å². The minimum atomic E-state index is -5.08. The van der Waals surface area contributed by atoms with Crippen molar-refractivity contribution >= 4 is 102 Å². The lowest BCUT2D eigenvalue weighted by molar-refractivity contribution is -0.192. The normalized spacial score (nSPS) is 16.2. The average Bonchev–Trinajstić information content (AvgIpc) is 1.56. The van der Waals surface area contributed by atoms with Crippen LogP contribution in [0.5, 0.6) is 0 Å². The molecule has 0 radical (unpaired) electrons. The van der Waals surface area contributed by atoms with Gasteiger partial charge in [0.15, 0.2) is 28.5 Å². The molecule has 138 heavy (non-hydrogen) atoms. The summed E-state index contributed by atoms with van der Waals surface area (Å²) in [7, 11) is 7.50. The molecule has 20 rings (SSSR count). The number of aromatic amines is 5. The second-order valence-electron chi connectivity index (χ2n) is 33.5. The van der Waals surface area contributed by atoms with E-state index in [4.69, 9.17) is 81.1 Å². The summed E-state index contributed by atoms with van der Waals surface area (Å²) in [6.07, 6.45) is 4.28. The van der Waals surface area contributed by atoms with Gasteiger partial charge in [0, 0.05) is 83.0 Å². The van der Waals surface area contributed by atoms with Crippen LogP contribution >= 0.6 is 0 Å². The number of amides is 2. The Morgan fingerprint density at radius 2 is 0.710 bits per heavy atom. The molecule has 15 heterocycles. The first-order valence-corrected chi connectivity index (χ1v) is 42.3. The van der Waals surface area contributed by atoms with E-state index >= 15 is 0 Å². The topological polar surface area (TPSA) is 566 Å². The van der Waals surface area contributed by atoms with Crippen molar-refractivity contribution in [2.45, 2.75) is 108 Å². The number of hydrogen-bond donors (Lipinski definition) is 14. The molecule has 5 aromatic carbocycles. The standard InChI is InChI=1S/2C20H21N7O3.C17H17N7O.2C15H13N7O.C2HF3O2/c1-20(2,3)29-19(28)27(5)10-14-17(21-4)15(12-9-22-24-18(12)23-14)11-7-6-8-13-16(11)26-30-25-13;1-20(2,3)29-19(28)22-9-8-13-17(21-4)15(12-10-23-25-18(12)24-13)11-6-5-7-14-16(11)27-30-26-14;1-18-16-12(7-8-24(2)3)20-17-11(9-19-21-17)14(16)10-5-4-6-13-15(10)23-25-22-13;1-16-7-11-14(17-2)12(9-6-18-20-15(9)19-11)8-4-3-5-10-13(8)22-23-21-10;1-17-14-10(5-6-16)19-15-9(7-18-20-15)12(14)8-3-2-4-11-13(8)22-23-21-11;3-2(4,5)1(6)7/h6-9,15H,10H2,1-3,5H3,(H2,22,23,24);5-7,10,15H,8-9H2,1-3H3,(H,22,28)(H2,23,24,25);4-6,9,14H,7-8H2,2-3H3,(H2,19,20,21);3-6,12,16H,7H2,1H3,(H2,18,19,20);2-4,7,12H,5-6,16H2,(H2,18,19,20);(H,6,7). The Morgan fingerprint density at radius 3 is 0.993 bits per heavy atom. The molecule has 5 aliphatic heterocycles. The predicted molar refractivity (Wildman–Crippen MR) is 490 cm³/mol. The Kier molecular flexibility index (Phi) is 27.8. The lowest BCUT2D eigenvalue weighted by atomic mass is 9.85. The van der Waals surface area contributed by atoms with Gasteiger partial charge in [-0.1, -0.05) is 60.7 Å². The number of halogens is 3. The molecule has 46 nitrogen and oxygen atoms in total. The van der Waals surface area contributed by atoms with Gasteiger partial charge in [-0.05, 0) is 198 Å². The van der Waals surface area contributed by atoms with Crippen LogP contribution in [0.3, 0.4) is 0 Å². The highest BCUT2D eigenvalue weighted by Crippen LogP contribution is 2.50. The van der Waals surface area contributed by atoms with Gasteiger partial charge in [-0.15, -0.1) is 0 Å². The number of carbonyl (C=O) groups is 3. The molecule has 0 fully saturated rings. The first-order chi connectivity index (χ1) is 66.4. The summed E-state index contributed by atoms with van der Waals surface area (Å²) in [6, 6.07) is 28.1. The summed E-state index contributed by atoms with van der Waals surface area (Å²) in [5.41, 5.74) is 26.1. The lowest BCUT2D eigenvalue weighted by Gasteiger charge is -2.29. The third-order valence-electron chi connectivity index (χ3n) is 21.9. The fraction of sp³-hybridized carbons (Fsp3) is 0.292. The number of nitrogens with two attached hydrogens (primary N) is 1. The summed E-state index contributed by atoms with van der Waals surface area (Å²) < 4.78 is 66.9. The van der Waals surface area contributed by atoms with Crippen LogP contribution < -0.4 is 43.0 Å². The highest BCUT2D eigenvalue weighted by Gasteiger charge is 2.42. The number of carboxylic acids is 1. The Labute approximate surface area is 779 Å². The second-order valence-corrected chi connectivity index (χ2v) is 33.5. The number of likely N-dealkylation sites (N-methyl/N-ethyl adjacent to an activating group) is 2. The molecule has 5 atom stereocenters. The van der Waals surface area contributed by atoms with Crippen molar-refractivity contribution in [1.82, 2.24) is 123 Å². The molecule has 15 aromatic rings. The Hall–Kier alpha value is -18.0. The molecule has 5 unspecified atom stereocenters. The third kappa shape index (κ3) is 20.2. The highest BCUT2D eigenvalue weighted by atomic mass is 19.4. The number of carbonyl (C=O) groups excluding carboxylic acids is 2. The zero-order chi connectivity index (χ0) is 97.9. The van der Waals surface area contributed by atoms with Crippen LogP contribution in [0, 0.1) is 32.9 Å². The van der Waals surface area contributed by atoms with Crippen molar-refractivity contribution in [2.75, 3.05) is 87.5 Å². The number of aromatic nitrogens is 20. The molecule has 0 saturated carbocycles. The molecule has 10 aromatic heterocycles. The van der Waals surface area contributed by atoms with Crippen molar-refractivity contribution in [1.29, 1.82) is 0 Å². The van der Waals surface area contributed by atoms with E-state index in [1.54, 1.807) is 91.7 Å². The van der Waals surface area contributed by atoms with Gasteiger partial charge in [0.2, 0.25) is 0 Å². The monoisotopic (exact) mass is 1880 g/mol. The number of anilines is 5. The van der Waals surface area contributed by atoms with E-state index in [2.05, 4.69) is 169 Å². The predicted octanol–water partition coefficient (Wildman–Crippen LogP) is 14.1. The van der Waals surface area contributed by atoms with E-state index in [-0.39, 0.29) is 30.2 Å². The Balaban J connectivity index is 0.000000129. The number of alkyl halides is 3. The number of fused-ring (bicyclic) bond motifs is 10. The number of allylic oxidation sites excluding steroid dienone is 5. The Morgan fingerprint density at radius 1 is 0.428 bits per heavy atom. The number of ether oxygens (including phenoxy) is 2. The van der Waals surface area contributed by atoms with Gasteiger partial charge in [-0.3, -0.25) is 25.5 Å². The molecule has 0 bridgehead atoms. The third-order valence-corrected chi connectivity index (χ3v) is 21.9. The molecule has 15 N–H and O–H groups in total. The molecule has 49 heteroatoms.